The first-order valence-electron chi connectivity index (χ1n) is 9.06. The van der Waals surface area contributed by atoms with Gasteiger partial charge in [0.1, 0.15) is 5.60 Å². The molecule has 0 aliphatic carbocycles. The van der Waals surface area contributed by atoms with Crippen molar-refractivity contribution >= 4 is 18.3 Å². The van der Waals surface area contributed by atoms with Crippen LogP contribution in [-0.4, -0.2) is 55.5 Å². The third kappa shape index (κ3) is 9.53. The smallest absolute Gasteiger partial charge is 0.410 e. The molecule has 1 aliphatic rings. The van der Waals surface area contributed by atoms with E-state index in [9.17, 15) is 4.79 Å². The van der Waals surface area contributed by atoms with Crippen LogP contribution in [0.5, 0.6) is 0 Å². The van der Waals surface area contributed by atoms with E-state index < -0.39 is 5.60 Å². The van der Waals surface area contributed by atoms with Gasteiger partial charge in [-0.2, -0.15) is 0 Å². The zero-order valence-electron chi connectivity index (χ0n) is 16.6. The van der Waals surface area contributed by atoms with Gasteiger partial charge >= 0.3 is 6.09 Å². The van der Waals surface area contributed by atoms with Gasteiger partial charge in [0, 0.05) is 32.9 Å². The molecule has 0 radical (unpaired) electrons. The maximum absolute atomic E-state index is 12.0. The number of piperidine rings is 1. The number of likely N-dealkylation sites (tertiary alicyclic amines) is 1. The van der Waals surface area contributed by atoms with Crippen LogP contribution >= 0.6 is 0 Å². The number of carbonyl (C=O) groups is 1. The topological polar surface area (TPSA) is 66.3 Å². The Kier molecular flexibility index (Phi) is 11.1. The van der Waals surface area contributed by atoms with Crippen LogP contribution in [0.4, 0.5) is 4.79 Å². The summed E-state index contributed by atoms with van der Waals surface area (Å²) in [6.45, 7) is 14.1. The van der Waals surface area contributed by atoms with Gasteiger partial charge in [0.25, 0.3) is 0 Å². The van der Waals surface area contributed by atoms with Gasteiger partial charge in [-0.05, 0) is 46.0 Å². The van der Waals surface area contributed by atoms with E-state index >= 15 is 0 Å². The molecule has 0 spiro atoms. The Bertz CT molecular complexity index is 406. The van der Waals surface area contributed by atoms with Crippen molar-refractivity contribution in [3.63, 3.8) is 0 Å². The van der Waals surface area contributed by atoms with Crippen LogP contribution in [0.3, 0.4) is 0 Å². The lowest BCUT2D eigenvalue weighted by Gasteiger charge is -2.33. The Hall–Kier alpha value is -1.59. The van der Waals surface area contributed by atoms with Crippen molar-refractivity contribution in [2.75, 3.05) is 26.7 Å². The van der Waals surface area contributed by atoms with E-state index in [1.54, 1.807) is 11.9 Å². The summed E-state index contributed by atoms with van der Waals surface area (Å²) in [6.07, 6.45) is 4.49. The molecule has 6 nitrogen and oxygen atoms in total. The summed E-state index contributed by atoms with van der Waals surface area (Å²) in [5, 5.41) is 3.27. The standard InChI is InChI=1S/C16H30N4O2.C2H6/c1-6-9-18-14(17-5)19-12-13-7-10-20(11-8-13)15(21)22-16(2,3)4;1-2/h9,13H,6-8,10-12H2,1-5H3,(H,17,19);1-2H3/b18-9-;. The lowest BCUT2D eigenvalue weighted by molar-refractivity contribution is 0.0185. The van der Waals surface area contributed by atoms with Crippen molar-refractivity contribution in [1.29, 1.82) is 0 Å². The van der Waals surface area contributed by atoms with E-state index in [0.717, 1.165) is 38.9 Å². The van der Waals surface area contributed by atoms with Crippen molar-refractivity contribution in [1.82, 2.24) is 10.2 Å². The van der Waals surface area contributed by atoms with E-state index in [1.165, 1.54) is 0 Å². The summed E-state index contributed by atoms with van der Waals surface area (Å²) in [7, 11) is 1.74. The van der Waals surface area contributed by atoms with Crippen LogP contribution < -0.4 is 5.32 Å². The Morgan fingerprint density at radius 1 is 1.29 bits per heavy atom. The SMILES string of the molecule is CC.CC/C=N\C(=NC)NCC1CCN(C(=O)OC(C)(C)C)CC1. The molecule has 1 aliphatic heterocycles. The Morgan fingerprint density at radius 3 is 2.33 bits per heavy atom. The Balaban J connectivity index is 0.00000254. The normalized spacial score (nSPS) is 16.6. The second-order valence-electron chi connectivity index (χ2n) is 6.56. The fourth-order valence-corrected chi connectivity index (χ4v) is 2.24. The van der Waals surface area contributed by atoms with Crippen LogP contribution in [-0.2, 0) is 4.74 Å². The van der Waals surface area contributed by atoms with Gasteiger partial charge in [-0.1, -0.05) is 20.8 Å². The third-order valence-electron chi connectivity index (χ3n) is 3.42. The molecule has 140 valence electrons. The number of aliphatic imine (C=N–C) groups is 2. The van der Waals surface area contributed by atoms with Gasteiger partial charge in [-0.15, -0.1) is 0 Å². The molecule has 1 N–H and O–H groups in total. The fourth-order valence-electron chi connectivity index (χ4n) is 2.24. The van der Waals surface area contributed by atoms with E-state index in [-0.39, 0.29) is 6.09 Å². The van der Waals surface area contributed by atoms with Crippen LogP contribution in [0.15, 0.2) is 9.98 Å². The molecular weight excluding hydrogens is 304 g/mol. The van der Waals surface area contributed by atoms with Crippen LogP contribution in [0.2, 0.25) is 0 Å². The molecule has 6 heteroatoms. The molecule has 1 heterocycles. The Morgan fingerprint density at radius 2 is 1.88 bits per heavy atom. The first kappa shape index (κ1) is 22.4. The van der Waals surface area contributed by atoms with Gasteiger partial charge in [0.05, 0.1) is 0 Å². The van der Waals surface area contributed by atoms with Gasteiger partial charge in [0.2, 0.25) is 5.96 Å². The summed E-state index contributed by atoms with van der Waals surface area (Å²) in [5.41, 5.74) is -0.431. The number of hydrogen-bond acceptors (Lipinski definition) is 3. The van der Waals surface area contributed by atoms with E-state index in [2.05, 4.69) is 15.3 Å². The van der Waals surface area contributed by atoms with Crippen LogP contribution in [0.25, 0.3) is 0 Å². The maximum Gasteiger partial charge on any atom is 0.410 e. The molecule has 0 aromatic heterocycles. The predicted molar refractivity (Wildman–Crippen MR) is 102 cm³/mol. The minimum atomic E-state index is -0.431. The van der Waals surface area contributed by atoms with Crippen molar-refractivity contribution in [2.45, 2.75) is 66.4 Å². The van der Waals surface area contributed by atoms with Gasteiger partial charge in [-0.3, -0.25) is 4.99 Å². The lowest BCUT2D eigenvalue weighted by Crippen LogP contribution is -2.43. The van der Waals surface area contributed by atoms with Crippen molar-refractivity contribution in [3.8, 4) is 0 Å². The van der Waals surface area contributed by atoms with Gasteiger partial charge in [-0.25, -0.2) is 9.79 Å². The molecular formula is C18H36N4O2. The zero-order valence-corrected chi connectivity index (χ0v) is 16.6. The molecule has 1 fully saturated rings. The average molecular weight is 341 g/mol. The number of rotatable bonds is 3. The number of hydrogen-bond donors (Lipinski definition) is 1. The molecule has 1 saturated heterocycles. The highest BCUT2D eigenvalue weighted by Crippen LogP contribution is 2.19. The van der Waals surface area contributed by atoms with Crippen molar-refractivity contribution < 1.29 is 9.53 Å². The summed E-state index contributed by atoms with van der Waals surface area (Å²) in [4.78, 5) is 22.2. The monoisotopic (exact) mass is 340 g/mol. The number of guanidine groups is 1. The second kappa shape index (κ2) is 11.9. The quantitative estimate of drug-likeness (QED) is 0.629. The minimum absolute atomic E-state index is 0.206. The molecule has 0 saturated carbocycles. The number of amides is 1. The van der Waals surface area contributed by atoms with Gasteiger partial charge < -0.3 is 15.0 Å². The molecule has 0 bridgehead atoms. The van der Waals surface area contributed by atoms with Crippen LogP contribution in [0.1, 0.15) is 60.8 Å². The zero-order chi connectivity index (χ0) is 18.6. The van der Waals surface area contributed by atoms with Crippen LogP contribution in [0, 0.1) is 5.92 Å². The molecule has 0 unspecified atom stereocenters. The largest absolute Gasteiger partial charge is 0.444 e. The molecule has 0 atom stereocenters. The summed E-state index contributed by atoms with van der Waals surface area (Å²) in [6, 6.07) is 0. The van der Waals surface area contributed by atoms with E-state index in [0.29, 0.717) is 11.9 Å². The van der Waals surface area contributed by atoms with Gasteiger partial charge in [0.15, 0.2) is 0 Å². The van der Waals surface area contributed by atoms with Crippen molar-refractivity contribution in [3.05, 3.63) is 0 Å². The predicted octanol–water partition coefficient (Wildman–Crippen LogP) is 3.72. The van der Waals surface area contributed by atoms with Crippen molar-refractivity contribution in [2.24, 2.45) is 15.9 Å². The first-order valence-corrected chi connectivity index (χ1v) is 9.06. The highest BCUT2D eigenvalue weighted by Gasteiger charge is 2.26. The maximum atomic E-state index is 12.0. The number of ether oxygens (including phenoxy) is 1. The number of nitrogens with zero attached hydrogens (tertiary/aromatic N) is 3. The number of carbonyl (C=O) groups excluding carboxylic acids is 1. The summed E-state index contributed by atoms with van der Waals surface area (Å²) >= 11 is 0. The molecule has 24 heavy (non-hydrogen) atoms. The third-order valence-corrected chi connectivity index (χ3v) is 3.42. The second-order valence-corrected chi connectivity index (χ2v) is 6.56. The highest BCUT2D eigenvalue weighted by atomic mass is 16.6. The fraction of sp³-hybridized carbons (Fsp3) is 0.833. The molecule has 0 aromatic rings. The molecule has 0 aromatic carbocycles. The lowest BCUT2D eigenvalue weighted by atomic mass is 9.97. The van der Waals surface area contributed by atoms with E-state index in [1.807, 2.05) is 47.8 Å². The minimum Gasteiger partial charge on any atom is -0.444 e. The molecule has 1 rings (SSSR count). The van der Waals surface area contributed by atoms with E-state index in [4.69, 9.17) is 4.74 Å². The first-order chi connectivity index (χ1) is 11.4. The number of nitrogens with one attached hydrogen (secondary N) is 1. The Labute approximate surface area is 147 Å². The average Bonchev–Trinajstić information content (AvgIpc) is 2.56. The highest BCUT2D eigenvalue weighted by molar-refractivity contribution is 5.87. The molecule has 1 amide bonds. The summed E-state index contributed by atoms with van der Waals surface area (Å²) < 4.78 is 5.41. The summed E-state index contributed by atoms with van der Waals surface area (Å²) in [5.74, 6) is 1.21.